The minimum absolute atomic E-state index is 0.100. The highest BCUT2D eigenvalue weighted by Gasteiger charge is 2.47. The van der Waals surface area contributed by atoms with Gasteiger partial charge in [0.25, 0.3) is 0 Å². The number of H-pyrrole nitrogens is 1. The van der Waals surface area contributed by atoms with Gasteiger partial charge in [0.1, 0.15) is 17.5 Å². The maximum Gasteiger partial charge on any atom is 0.232 e. The van der Waals surface area contributed by atoms with Crippen LogP contribution in [-0.4, -0.2) is 60.6 Å². The molecule has 9 heteroatoms. The van der Waals surface area contributed by atoms with Crippen LogP contribution in [0.2, 0.25) is 0 Å². The van der Waals surface area contributed by atoms with E-state index in [9.17, 15) is 10.1 Å². The second kappa shape index (κ2) is 6.46. The molecular weight excluding hydrogens is 350 g/mol. The van der Waals surface area contributed by atoms with E-state index in [1.54, 1.807) is 11.1 Å². The number of nitriles is 1. The summed E-state index contributed by atoms with van der Waals surface area (Å²) >= 11 is 1.50. The molecule has 0 aliphatic carbocycles. The van der Waals surface area contributed by atoms with Gasteiger partial charge in [-0.3, -0.25) is 9.48 Å². The van der Waals surface area contributed by atoms with Crippen LogP contribution in [0, 0.1) is 11.3 Å². The van der Waals surface area contributed by atoms with E-state index in [0.29, 0.717) is 25.3 Å². The van der Waals surface area contributed by atoms with Crippen LogP contribution in [0.25, 0.3) is 22.3 Å². The van der Waals surface area contributed by atoms with Crippen LogP contribution in [0.3, 0.4) is 0 Å². The predicted molar refractivity (Wildman–Crippen MR) is 98.3 cm³/mol. The predicted octanol–water partition coefficient (Wildman–Crippen LogP) is 1.64. The SMILES string of the molecule is CSCC(=O)N1CC(CC#N)(n2cc(-c3ncnc4[nH]ccc34)cn2)C1. The number of nitrogens with one attached hydrogen (secondary N) is 1. The van der Waals surface area contributed by atoms with Gasteiger partial charge in [-0.15, -0.1) is 0 Å². The third kappa shape index (κ3) is 2.63. The molecule has 1 amide bonds. The largest absolute Gasteiger partial charge is 0.346 e. The Bertz CT molecular complexity index is 996. The molecule has 4 rings (SSSR count). The van der Waals surface area contributed by atoms with Gasteiger partial charge in [0.15, 0.2) is 0 Å². The van der Waals surface area contributed by atoms with Crippen LogP contribution >= 0.6 is 11.8 Å². The summed E-state index contributed by atoms with van der Waals surface area (Å²) in [5.41, 5.74) is 1.96. The number of rotatable bonds is 5. The Balaban J connectivity index is 1.63. The summed E-state index contributed by atoms with van der Waals surface area (Å²) < 4.78 is 1.81. The van der Waals surface area contributed by atoms with Crippen molar-refractivity contribution in [2.45, 2.75) is 12.0 Å². The van der Waals surface area contributed by atoms with Crippen molar-refractivity contribution >= 4 is 28.7 Å². The lowest BCUT2D eigenvalue weighted by atomic mass is 9.87. The maximum atomic E-state index is 12.1. The molecule has 0 unspecified atom stereocenters. The number of thioether (sulfide) groups is 1. The summed E-state index contributed by atoms with van der Waals surface area (Å²) in [6.07, 6.45) is 9.21. The van der Waals surface area contributed by atoms with Gasteiger partial charge in [-0.1, -0.05) is 0 Å². The standard InChI is InChI=1S/C17H17N7OS/c1-26-8-14(25)23-9-17(10-23,3-4-18)24-7-12(6-22-24)15-13-2-5-19-16(13)21-11-20-15/h2,5-7,11H,3,8-10H2,1H3,(H,19,20,21). The minimum Gasteiger partial charge on any atom is -0.346 e. The Hall–Kier alpha value is -2.86. The first kappa shape index (κ1) is 16.6. The van der Waals surface area contributed by atoms with Gasteiger partial charge in [-0.05, 0) is 12.3 Å². The number of carbonyl (C=O) groups excluding carboxylic acids is 1. The number of amides is 1. The summed E-state index contributed by atoms with van der Waals surface area (Å²) in [6, 6.07) is 4.17. The molecule has 0 spiro atoms. The zero-order valence-electron chi connectivity index (χ0n) is 14.2. The van der Waals surface area contributed by atoms with Gasteiger partial charge < -0.3 is 9.88 Å². The summed E-state index contributed by atoms with van der Waals surface area (Å²) in [4.78, 5) is 25.5. The molecule has 8 nitrogen and oxygen atoms in total. The van der Waals surface area contributed by atoms with Crippen LogP contribution in [-0.2, 0) is 10.3 Å². The quantitative estimate of drug-likeness (QED) is 0.735. The number of likely N-dealkylation sites (tertiary alicyclic amines) is 1. The first-order valence-electron chi connectivity index (χ1n) is 8.14. The van der Waals surface area contributed by atoms with Gasteiger partial charge in [-0.25, -0.2) is 9.97 Å². The molecule has 0 saturated carbocycles. The normalized spacial score (nSPS) is 15.6. The van der Waals surface area contributed by atoms with Crippen molar-refractivity contribution in [3.63, 3.8) is 0 Å². The van der Waals surface area contributed by atoms with Crippen molar-refractivity contribution in [1.82, 2.24) is 29.6 Å². The topological polar surface area (TPSA) is 103 Å². The Morgan fingerprint density at radius 3 is 3.08 bits per heavy atom. The van der Waals surface area contributed by atoms with E-state index < -0.39 is 5.54 Å². The molecule has 132 valence electrons. The van der Waals surface area contributed by atoms with Gasteiger partial charge >= 0.3 is 0 Å². The van der Waals surface area contributed by atoms with Crippen molar-refractivity contribution in [3.8, 4) is 17.3 Å². The first-order chi connectivity index (χ1) is 12.7. The van der Waals surface area contributed by atoms with Crippen LogP contribution < -0.4 is 0 Å². The van der Waals surface area contributed by atoms with Crippen molar-refractivity contribution in [2.75, 3.05) is 25.1 Å². The molecule has 0 aromatic carbocycles. The van der Waals surface area contributed by atoms with E-state index in [1.807, 2.05) is 29.4 Å². The number of hydrogen-bond acceptors (Lipinski definition) is 6. The van der Waals surface area contributed by atoms with Gasteiger partial charge in [0.2, 0.25) is 5.91 Å². The van der Waals surface area contributed by atoms with Crippen molar-refractivity contribution in [2.24, 2.45) is 0 Å². The summed E-state index contributed by atoms with van der Waals surface area (Å²) in [7, 11) is 0. The lowest BCUT2D eigenvalue weighted by molar-refractivity contribution is -0.139. The van der Waals surface area contributed by atoms with E-state index >= 15 is 0 Å². The molecule has 1 aliphatic rings. The Labute approximate surface area is 154 Å². The lowest BCUT2D eigenvalue weighted by Crippen LogP contribution is -2.64. The number of hydrogen-bond donors (Lipinski definition) is 1. The van der Waals surface area contributed by atoms with Crippen molar-refractivity contribution in [3.05, 3.63) is 31.0 Å². The molecule has 1 aliphatic heterocycles. The van der Waals surface area contributed by atoms with E-state index in [2.05, 4.69) is 26.1 Å². The van der Waals surface area contributed by atoms with E-state index in [4.69, 9.17) is 0 Å². The zero-order chi connectivity index (χ0) is 18.1. The van der Waals surface area contributed by atoms with E-state index in [-0.39, 0.29) is 5.91 Å². The summed E-state index contributed by atoms with van der Waals surface area (Å²) in [5, 5.41) is 14.7. The number of aromatic nitrogens is 5. The molecule has 3 aromatic heterocycles. The second-order valence-corrected chi connectivity index (χ2v) is 7.24. The zero-order valence-corrected chi connectivity index (χ0v) is 15.0. The smallest absolute Gasteiger partial charge is 0.232 e. The third-order valence-electron chi connectivity index (χ3n) is 4.69. The molecule has 1 saturated heterocycles. The summed E-state index contributed by atoms with van der Waals surface area (Å²) in [6.45, 7) is 1.01. The first-order valence-corrected chi connectivity index (χ1v) is 9.53. The fourth-order valence-electron chi connectivity index (χ4n) is 3.35. The maximum absolute atomic E-state index is 12.1. The van der Waals surface area contributed by atoms with Crippen LogP contribution in [0.5, 0.6) is 0 Å². The molecule has 0 bridgehead atoms. The Morgan fingerprint density at radius 2 is 2.31 bits per heavy atom. The molecule has 0 radical (unpaired) electrons. The average Bonchev–Trinajstić information content (AvgIpc) is 3.26. The van der Waals surface area contributed by atoms with Gasteiger partial charge in [0, 0.05) is 36.4 Å². The van der Waals surface area contributed by atoms with Gasteiger partial charge in [0.05, 0.1) is 30.1 Å². The van der Waals surface area contributed by atoms with Crippen LogP contribution in [0.4, 0.5) is 0 Å². The average molecular weight is 367 g/mol. The molecule has 26 heavy (non-hydrogen) atoms. The van der Waals surface area contributed by atoms with Crippen molar-refractivity contribution in [1.29, 1.82) is 5.26 Å². The van der Waals surface area contributed by atoms with Gasteiger partial charge in [-0.2, -0.15) is 22.1 Å². The van der Waals surface area contributed by atoms with Crippen molar-refractivity contribution < 1.29 is 4.79 Å². The second-order valence-electron chi connectivity index (χ2n) is 6.38. The molecule has 0 atom stereocenters. The molecular formula is C17H17N7OS. The number of aromatic amines is 1. The minimum atomic E-state index is -0.467. The molecule has 1 N–H and O–H groups in total. The molecule has 4 heterocycles. The Kier molecular flexibility index (Phi) is 4.12. The highest BCUT2D eigenvalue weighted by atomic mass is 32.2. The van der Waals surface area contributed by atoms with E-state index in [1.165, 1.54) is 18.1 Å². The summed E-state index contributed by atoms with van der Waals surface area (Å²) in [5.74, 6) is 0.558. The number of nitrogens with zero attached hydrogens (tertiary/aromatic N) is 6. The fourth-order valence-corrected chi connectivity index (χ4v) is 3.78. The third-order valence-corrected chi connectivity index (χ3v) is 5.23. The molecule has 1 fully saturated rings. The highest BCUT2D eigenvalue weighted by Crippen LogP contribution is 2.34. The lowest BCUT2D eigenvalue weighted by Gasteiger charge is -2.49. The van der Waals surface area contributed by atoms with E-state index in [0.717, 1.165) is 22.3 Å². The number of fused-ring (bicyclic) bond motifs is 1. The number of carbonyl (C=O) groups is 1. The Morgan fingerprint density at radius 1 is 1.46 bits per heavy atom. The fraction of sp³-hybridized carbons (Fsp3) is 0.353. The highest BCUT2D eigenvalue weighted by molar-refractivity contribution is 7.99. The molecule has 3 aromatic rings. The monoisotopic (exact) mass is 367 g/mol. The van der Waals surface area contributed by atoms with Crippen LogP contribution in [0.1, 0.15) is 6.42 Å². The van der Waals surface area contributed by atoms with Crippen LogP contribution in [0.15, 0.2) is 31.0 Å².